The van der Waals surface area contributed by atoms with Crippen LogP contribution in [-0.2, 0) is 32.5 Å². The highest BCUT2D eigenvalue weighted by molar-refractivity contribution is 7.89. The van der Waals surface area contributed by atoms with Crippen molar-refractivity contribution in [3.63, 3.8) is 0 Å². The van der Waals surface area contributed by atoms with Gasteiger partial charge in [0.2, 0.25) is 15.9 Å². The van der Waals surface area contributed by atoms with Crippen LogP contribution in [0.25, 0.3) is 0 Å². The van der Waals surface area contributed by atoms with Crippen LogP contribution in [0.4, 0.5) is 0 Å². The van der Waals surface area contributed by atoms with Crippen molar-refractivity contribution < 1.29 is 17.9 Å². The Balaban J connectivity index is 1.64. The Labute approximate surface area is 148 Å². The third-order valence-electron chi connectivity index (χ3n) is 5.58. The van der Waals surface area contributed by atoms with Crippen LogP contribution < -0.4 is 0 Å². The van der Waals surface area contributed by atoms with Crippen molar-refractivity contribution in [2.24, 2.45) is 5.92 Å². The van der Waals surface area contributed by atoms with Gasteiger partial charge in [0.05, 0.1) is 18.1 Å². The smallest absolute Gasteiger partial charge is 0.243 e. The summed E-state index contributed by atoms with van der Waals surface area (Å²) in [6, 6.07) is 5.48. The van der Waals surface area contributed by atoms with Crippen LogP contribution in [0.5, 0.6) is 0 Å². The zero-order chi connectivity index (χ0) is 17.4. The second-order valence-electron chi connectivity index (χ2n) is 7.05. The Morgan fingerprint density at radius 1 is 1.12 bits per heavy atom. The van der Waals surface area contributed by atoms with Gasteiger partial charge in [-0.05, 0) is 36.5 Å². The molecule has 136 valence electrons. The fourth-order valence-corrected chi connectivity index (χ4v) is 5.48. The predicted molar refractivity (Wildman–Crippen MR) is 92.5 cm³/mol. The molecule has 3 aliphatic rings. The zero-order valence-corrected chi connectivity index (χ0v) is 15.1. The lowest BCUT2D eigenvalue weighted by Crippen LogP contribution is -2.44. The van der Waals surface area contributed by atoms with Gasteiger partial charge in [-0.25, -0.2) is 8.42 Å². The van der Waals surface area contributed by atoms with Crippen LogP contribution in [0.1, 0.15) is 30.4 Å². The van der Waals surface area contributed by atoms with E-state index in [-0.39, 0.29) is 11.8 Å². The highest BCUT2D eigenvalue weighted by Gasteiger charge is 2.34. The minimum Gasteiger partial charge on any atom is -0.379 e. The summed E-state index contributed by atoms with van der Waals surface area (Å²) >= 11 is 0. The molecule has 0 spiro atoms. The average Bonchev–Trinajstić information content (AvgIpc) is 2.60. The van der Waals surface area contributed by atoms with Crippen molar-refractivity contribution in [1.29, 1.82) is 0 Å². The first-order valence-electron chi connectivity index (χ1n) is 9.05. The lowest BCUT2D eigenvalue weighted by Gasteiger charge is -2.36. The van der Waals surface area contributed by atoms with Crippen LogP contribution in [0.15, 0.2) is 23.1 Å². The van der Waals surface area contributed by atoms with Gasteiger partial charge in [0.25, 0.3) is 0 Å². The van der Waals surface area contributed by atoms with E-state index >= 15 is 0 Å². The number of ether oxygens (including phenoxy) is 1. The molecular formula is C18H24N2O4S. The summed E-state index contributed by atoms with van der Waals surface area (Å²) in [6.45, 7) is 2.72. The molecular weight excluding hydrogens is 340 g/mol. The fourth-order valence-electron chi connectivity index (χ4n) is 3.82. The van der Waals surface area contributed by atoms with E-state index in [0.717, 1.165) is 36.8 Å². The highest BCUT2D eigenvalue weighted by atomic mass is 32.2. The quantitative estimate of drug-likeness (QED) is 0.813. The SMILES string of the molecule is O=C(C1CCC1)N1CCc2cccc(S(=O)(=O)N3CCOCC3)c2C1. The van der Waals surface area contributed by atoms with E-state index in [2.05, 4.69) is 0 Å². The highest BCUT2D eigenvalue weighted by Crippen LogP contribution is 2.33. The number of rotatable bonds is 3. The van der Waals surface area contributed by atoms with Crippen molar-refractivity contribution in [3.8, 4) is 0 Å². The topological polar surface area (TPSA) is 66.9 Å². The molecule has 1 aromatic carbocycles. The summed E-state index contributed by atoms with van der Waals surface area (Å²) in [7, 11) is -3.55. The first-order valence-corrected chi connectivity index (χ1v) is 10.5. The Morgan fingerprint density at radius 3 is 2.56 bits per heavy atom. The van der Waals surface area contributed by atoms with Gasteiger partial charge in [0.15, 0.2) is 0 Å². The van der Waals surface area contributed by atoms with Crippen molar-refractivity contribution in [1.82, 2.24) is 9.21 Å². The summed E-state index contributed by atoms with van der Waals surface area (Å²) in [5, 5.41) is 0. The van der Waals surface area contributed by atoms with Gasteiger partial charge >= 0.3 is 0 Å². The van der Waals surface area contributed by atoms with Crippen LogP contribution >= 0.6 is 0 Å². The fraction of sp³-hybridized carbons (Fsp3) is 0.611. The molecule has 1 saturated carbocycles. The number of fused-ring (bicyclic) bond motifs is 1. The summed E-state index contributed by atoms with van der Waals surface area (Å²) < 4.78 is 33.0. The number of amides is 1. The van der Waals surface area contributed by atoms with Crippen LogP contribution in [0.2, 0.25) is 0 Å². The standard InChI is InChI=1S/C18H24N2O4S/c21-18(15-4-1-5-15)19-8-7-14-3-2-6-17(16(14)13-19)25(22,23)20-9-11-24-12-10-20/h2-3,6,15H,1,4-5,7-13H2. The number of sulfonamides is 1. The van der Waals surface area contributed by atoms with Gasteiger partial charge in [-0.1, -0.05) is 18.6 Å². The number of carbonyl (C=O) groups excluding carboxylic acids is 1. The summed E-state index contributed by atoms with van der Waals surface area (Å²) in [4.78, 5) is 14.8. The van der Waals surface area contributed by atoms with Gasteiger partial charge < -0.3 is 9.64 Å². The first-order chi connectivity index (χ1) is 12.1. The van der Waals surface area contributed by atoms with E-state index in [4.69, 9.17) is 4.74 Å². The third kappa shape index (κ3) is 3.09. The molecule has 1 amide bonds. The molecule has 25 heavy (non-hydrogen) atoms. The predicted octanol–water partition coefficient (Wildman–Crippen LogP) is 1.39. The lowest BCUT2D eigenvalue weighted by atomic mass is 9.84. The van der Waals surface area contributed by atoms with Crippen LogP contribution in [-0.4, -0.2) is 56.4 Å². The Bertz CT molecular complexity index is 767. The molecule has 0 N–H and O–H groups in total. The van der Waals surface area contributed by atoms with E-state index in [9.17, 15) is 13.2 Å². The molecule has 0 bridgehead atoms. The normalized spacial score (nSPS) is 22.3. The van der Waals surface area contributed by atoms with Gasteiger partial charge in [-0.2, -0.15) is 4.31 Å². The molecule has 7 heteroatoms. The number of carbonyl (C=O) groups is 1. The molecule has 0 radical (unpaired) electrons. The number of hydrogen-bond donors (Lipinski definition) is 0. The molecule has 4 rings (SSSR count). The van der Waals surface area contributed by atoms with E-state index in [1.807, 2.05) is 17.0 Å². The molecule has 0 atom stereocenters. The molecule has 2 fully saturated rings. The molecule has 2 heterocycles. The van der Waals surface area contributed by atoms with Gasteiger partial charge in [-0.3, -0.25) is 4.79 Å². The van der Waals surface area contributed by atoms with E-state index < -0.39 is 10.0 Å². The Kier molecular flexibility index (Phi) is 4.56. The maximum Gasteiger partial charge on any atom is 0.243 e. The molecule has 2 aliphatic heterocycles. The Hall–Kier alpha value is -1.44. The molecule has 1 saturated heterocycles. The van der Waals surface area contributed by atoms with Gasteiger partial charge in [0, 0.05) is 32.1 Å². The summed E-state index contributed by atoms with van der Waals surface area (Å²) in [5.41, 5.74) is 1.85. The van der Waals surface area contributed by atoms with Crippen molar-refractivity contribution in [3.05, 3.63) is 29.3 Å². The van der Waals surface area contributed by atoms with Crippen molar-refractivity contribution in [2.75, 3.05) is 32.8 Å². The number of morpholine rings is 1. The van der Waals surface area contributed by atoms with Crippen LogP contribution in [0, 0.1) is 5.92 Å². The lowest BCUT2D eigenvalue weighted by molar-refractivity contribution is -0.139. The average molecular weight is 364 g/mol. The van der Waals surface area contributed by atoms with E-state index in [1.54, 1.807) is 6.07 Å². The second kappa shape index (κ2) is 6.70. The van der Waals surface area contributed by atoms with Crippen molar-refractivity contribution in [2.45, 2.75) is 37.1 Å². The first kappa shape index (κ1) is 17.0. The molecule has 6 nitrogen and oxygen atoms in total. The maximum absolute atomic E-state index is 13.1. The minimum absolute atomic E-state index is 0.143. The molecule has 0 unspecified atom stereocenters. The molecule has 1 aliphatic carbocycles. The van der Waals surface area contributed by atoms with E-state index in [0.29, 0.717) is 44.3 Å². The van der Waals surface area contributed by atoms with Crippen molar-refractivity contribution >= 4 is 15.9 Å². The Morgan fingerprint density at radius 2 is 1.88 bits per heavy atom. The summed E-state index contributed by atoms with van der Waals surface area (Å²) in [5.74, 6) is 0.333. The number of benzene rings is 1. The monoisotopic (exact) mass is 364 g/mol. The number of nitrogens with zero attached hydrogens (tertiary/aromatic N) is 2. The van der Waals surface area contributed by atoms with Gasteiger partial charge in [0.1, 0.15) is 0 Å². The number of hydrogen-bond acceptors (Lipinski definition) is 4. The van der Waals surface area contributed by atoms with E-state index in [1.165, 1.54) is 4.31 Å². The third-order valence-corrected chi connectivity index (χ3v) is 7.57. The zero-order valence-electron chi connectivity index (χ0n) is 14.3. The maximum atomic E-state index is 13.1. The van der Waals surface area contributed by atoms with Crippen LogP contribution in [0.3, 0.4) is 0 Å². The molecule has 1 aromatic rings. The second-order valence-corrected chi connectivity index (χ2v) is 8.95. The summed E-state index contributed by atoms with van der Waals surface area (Å²) in [6.07, 6.45) is 3.78. The largest absolute Gasteiger partial charge is 0.379 e. The van der Waals surface area contributed by atoms with Gasteiger partial charge in [-0.15, -0.1) is 0 Å². The minimum atomic E-state index is -3.55. The molecule has 0 aromatic heterocycles.